The van der Waals surface area contributed by atoms with Crippen LogP contribution in [0.4, 0.5) is 4.39 Å². The molecule has 2 unspecified atom stereocenters. The van der Waals surface area contributed by atoms with Gasteiger partial charge >= 0.3 is 0 Å². The van der Waals surface area contributed by atoms with Crippen molar-refractivity contribution in [1.82, 2.24) is 4.90 Å². The molecule has 2 rings (SSSR count). The Morgan fingerprint density at radius 1 is 1.56 bits per heavy atom. The Kier molecular flexibility index (Phi) is 4.60. The summed E-state index contributed by atoms with van der Waals surface area (Å²) in [5.74, 6) is 0.195. The predicted molar refractivity (Wildman–Crippen MR) is 73.1 cm³/mol. The fraction of sp³-hybridized carbons (Fsp3) is 0.571. The van der Waals surface area contributed by atoms with E-state index in [1.807, 2.05) is 6.07 Å². The van der Waals surface area contributed by atoms with E-state index in [4.69, 9.17) is 17.3 Å². The second kappa shape index (κ2) is 6.00. The third-order valence-electron chi connectivity index (χ3n) is 3.71. The third kappa shape index (κ3) is 3.22. The van der Waals surface area contributed by atoms with Crippen LogP contribution in [0.3, 0.4) is 0 Å². The van der Waals surface area contributed by atoms with Gasteiger partial charge in [-0.15, -0.1) is 0 Å². The minimum atomic E-state index is -0.338. The SMILES string of the molecule is CC(N)C1CCCN(Cc2cccc(F)c2Cl)C1. The Balaban J connectivity index is 2.03. The summed E-state index contributed by atoms with van der Waals surface area (Å²) in [6, 6.07) is 5.22. The zero-order valence-electron chi connectivity index (χ0n) is 10.7. The molecule has 0 bridgehead atoms. The van der Waals surface area contributed by atoms with E-state index < -0.39 is 0 Å². The van der Waals surface area contributed by atoms with Crippen molar-refractivity contribution in [2.45, 2.75) is 32.4 Å². The summed E-state index contributed by atoms with van der Waals surface area (Å²) < 4.78 is 13.4. The zero-order valence-corrected chi connectivity index (χ0v) is 11.5. The molecule has 4 heteroatoms. The van der Waals surface area contributed by atoms with Crippen molar-refractivity contribution in [1.29, 1.82) is 0 Å². The molecule has 0 aliphatic carbocycles. The standard InChI is InChI=1S/C14H20ClFN2/c1-10(17)11-5-3-7-18(8-11)9-12-4-2-6-13(16)14(12)15/h2,4,6,10-11H,3,5,7-9,17H2,1H3. The molecule has 1 heterocycles. The van der Waals surface area contributed by atoms with Gasteiger partial charge in [0.1, 0.15) is 5.82 Å². The lowest BCUT2D eigenvalue weighted by Crippen LogP contribution is -2.41. The van der Waals surface area contributed by atoms with E-state index in [0.29, 0.717) is 12.5 Å². The molecule has 1 aliphatic rings. The van der Waals surface area contributed by atoms with Crippen LogP contribution in [0.15, 0.2) is 18.2 Å². The summed E-state index contributed by atoms with van der Waals surface area (Å²) in [6.45, 7) is 4.78. The van der Waals surface area contributed by atoms with Crippen molar-refractivity contribution in [2.24, 2.45) is 11.7 Å². The van der Waals surface area contributed by atoms with Gasteiger partial charge in [-0.1, -0.05) is 23.7 Å². The van der Waals surface area contributed by atoms with Crippen LogP contribution in [-0.2, 0) is 6.54 Å². The van der Waals surface area contributed by atoms with Gasteiger partial charge in [-0.05, 0) is 43.9 Å². The largest absolute Gasteiger partial charge is 0.328 e. The third-order valence-corrected chi connectivity index (χ3v) is 4.13. The maximum absolute atomic E-state index is 13.4. The molecule has 2 N–H and O–H groups in total. The fourth-order valence-corrected chi connectivity index (χ4v) is 2.76. The second-order valence-electron chi connectivity index (χ2n) is 5.21. The van der Waals surface area contributed by atoms with Crippen LogP contribution >= 0.6 is 11.6 Å². The average molecular weight is 271 g/mol. The molecule has 0 spiro atoms. The van der Waals surface area contributed by atoms with E-state index in [-0.39, 0.29) is 16.9 Å². The van der Waals surface area contributed by atoms with Gasteiger partial charge in [-0.25, -0.2) is 4.39 Å². The molecule has 0 radical (unpaired) electrons. The number of halogens is 2. The normalized spacial score (nSPS) is 23.0. The summed E-state index contributed by atoms with van der Waals surface area (Å²) in [5.41, 5.74) is 6.83. The average Bonchev–Trinajstić information content (AvgIpc) is 2.35. The molecule has 1 aromatic rings. The van der Waals surface area contributed by atoms with Gasteiger partial charge < -0.3 is 5.73 Å². The molecule has 2 atom stereocenters. The highest BCUT2D eigenvalue weighted by molar-refractivity contribution is 6.31. The molecule has 1 aliphatic heterocycles. The van der Waals surface area contributed by atoms with E-state index in [1.54, 1.807) is 6.07 Å². The van der Waals surface area contributed by atoms with E-state index in [0.717, 1.165) is 25.1 Å². The Morgan fingerprint density at radius 2 is 2.33 bits per heavy atom. The van der Waals surface area contributed by atoms with Crippen LogP contribution < -0.4 is 5.73 Å². The van der Waals surface area contributed by atoms with Crippen molar-refractivity contribution in [3.05, 3.63) is 34.6 Å². The maximum Gasteiger partial charge on any atom is 0.142 e. The number of rotatable bonds is 3. The number of hydrogen-bond acceptors (Lipinski definition) is 2. The number of hydrogen-bond donors (Lipinski definition) is 1. The van der Waals surface area contributed by atoms with Gasteiger partial charge in [0.25, 0.3) is 0 Å². The lowest BCUT2D eigenvalue weighted by atomic mass is 9.92. The fourth-order valence-electron chi connectivity index (χ4n) is 2.58. The van der Waals surface area contributed by atoms with Gasteiger partial charge in [-0.3, -0.25) is 4.90 Å². The Bertz CT molecular complexity index is 409. The minimum Gasteiger partial charge on any atom is -0.328 e. The highest BCUT2D eigenvalue weighted by Gasteiger charge is 2.23. The second-order valence-corrected chi connectivity index (χ2v) is 5.59. The van der Waals surface area contributed by atoms with Gasteiger partial charge in [0.15, 0.2) is 0 Å². The van der Waals surface area contributed by atoms with Gasteiger partial charge in [-0.2, -0.15) is 0 Å². The number of benzene rings is 1. The number of nitrogens with zero attached hydrogens (tertiary/aromatic N) is 1. The Morgan fingerprint density at radius 3 is 3.06 bits per heavy atom. The van der Waals surface area contributed by atoms with Gasteiger partial charge in [0.2, 0.25) is 0 Å². The number of piperidine rings is 1. The summed E-state index contributed by atoms with van der Waals surface area (Å²) in [5, 5.41) is 0.250. The van der Waals surface area contributed by atoms with Crippen molar-refractivity contribution in [3.63, 3.8) is 0 Å². The first-order valence-corrected chi connectivity index (χ1v) is 6.86. The lowest BCUT2D eigenvalue weighted by Gasteiger charge is -2.34. The summed E-state index contributed by atoms with van der Waals surface area (Å²) >= 11 is 5.99. The van der Waals surface area contributed by atoms with Crippen LogP contribution in [0.5, 0.6) is 0 Å². The van der Waals surface area contributed by atoms with Crippen LogP contribution in [0.1, 0.15) is 25.3 Å². The molecule has 1 fully saturated rings. The first-order valence-electron chi connectivity index (χ1n) is 6.48. The van der Waals surface area contributed by atoms with E-state index in [1.165, 1.54) is 12.5 Å². The molecule has 1 saturated heterocycles. The van der Waals surface area contributed by atoms with Crippen molar-refractivity contribution >= 4 is 11.6 Å². The van der Waals surface area contributed by atoms with E-state index in [9.17, 15) is 4.39 Å². The quantitative estimate of drug-likeness (QED) is 0.915. The first kappa shape index (κ1) is 13.8. The topological polar surface area (TPSA) is 29.3 Å². The van der Waals surface area contributed by atoms with Gasteiger partial charge in [0.05, 0.1) is 5.02 Å². The molecule has 18 heavy (non-hydrogen) atoms. The lowest BCUT2D eigenvalue weighted by molar-refractivity contribution is 0.154. The summed E-state index contributed by atoms with van der Waals surface area (Å²) in [7, 11) is 0. The van der Waals surface area contributed by atoms with Crippen molar-refractivity contribution in [3.8, 4) is 0 Å². The molecular weight excluding hydrogens is 251 g/mol. The highest BCUT2D eigenvalue weighted by Crippen LogP contribution is 2.24. The number of likely N-dealkylation sites (tertiary alicyclic amines) is 1. The van der Waals surface area contributed by atoms with Crippen LogP contribution in [0.25, 0.3) is 0 Å². The van der Waals surface area contributed by atoms with Crippen molar-refractivity contribution in [2.75, 3.05) is 13.1 Å². The molecular formula is C14H20ClFN2. The van der Waals surface area contributed by atoms with Crippen LogP contribution in [0.2, 0.25) is 5.02 Å². The van der Waals surface area contributed by atoms with Gasteiger partial charge in [0, 0.05) is 19.1 Å². The monoisotopic (exact) mass is 270 g/mol. The molecule has 0 amide bonds. The molecule has 100 valence electrons. The maximum atomic E-state index is 13.4. The smallest absolute Gasteiger partial charge is 0.142 e. The summed E-state index contributed by atoms with van der Waals surface area (Å²) in [4.78, 5) is 2.32. The number of nitrogens with two attached hydrogens (primary N) is 1. The molecule has 2 nitrogen and oxygen atoms in total. The first-order chi connectivity index (χ1) is 8.58. The van der Waals surface area contributed by atoms with E-state index >= 15 is 0 Å². The highest BCUT2D eigenvalue weighted by atomic mass is 35.5. The molecule has 0 saturated carbocycles. The predicted octanol–water partition coefficient (Wildman–Crippen LogP) is 3.04. The van der Waals surface area contributed by atoms with Crippen LogP contribution in [-0.4, -0.2) is 24.0 Å². The Hall–Kier alpha value is -0.640. The van der Waals surface area contributed by atoms with Crippen molar-refractivity contribution < 1.29 is 4.39 Å². The summed E-state index contributed by atoms with van der Waals surface area (Å²) in [6.07, 6.45) is 2.34. The van der Waals surface area contributed by atoms with E-state index in [2.05, 4.69) is 11.8 Å². The molecule has 0 aromatic heterocycles. The Labute approximate surface area is 113 Å². The zero-order chi connectivity index (χ0) is 13.1. The molecule has 1 aromatic carbocycles. The minimum absolute atomic E-state index is 0.218. The van der Waals surface area contributed by atoms with Crippen LogP contribution in [0, 0.1) is 11.7 Å².